The van der Waals surface area contributed by atoms with Crippen LogP contribution in [0.2, 0.25) is 0 Å². The van der Waals surface area contributed by atoms with Gasteiger partial charge in [0.1, 0.15) is 11.6 Å². The Hall–Kier alpha value is -2.43. The Kier molecular flexibility index (Phi) is 3.56. The second-order valence-electron chi connectivity index (χ2n) is 4.92. The third kappa shape index (κ3) is 2.46. The summed E-state index contributed by atoms with van der Waals surface area (Å²) in [7, 11) is 0. The van der Waals surface area contributed by atoms with Crippen LogP contribution in [0.3, 0.4) is 0 Å². The Morgan fingerprint density at radius 2 is 2.24 bits per heavy atom. The molecular weight excluding hydrogens is 269 g/mol. The van der Waals surface area contributed by atoms with E-state index in [4.69, 9.17) is 0 Å². The Morgan fingerprint density at radius 1 is 1.43 bits per heavy atom. The van der Waals surface area contributed by atoms with E-state index in [1.54, 1.807) is 4.90 Å². The molecule has 1 aromatic carbocycles. The van der Waals surface area contributed by atoms with Gasteiger partial charge in [0.05, 0.1) is 11.8 Å². The summed E-state index contributed by atoms with van der Waals surface area (Å²) in [5.41, 5.74) is 2.31. The monoisotopic (exact) mass is 285 g/mol. The Bertz CT molecular complexity index is 687. The van der Waals surface area contributed by atoms with Crippen LogP contribution in [0.1, 0.15) is 22.8 Å². The highest BCUT2D eigenvalue weighted by Crippen LogP contribution is 2.30. The minimum absolute atomic E-state index is 0.220. The zero-order valence-electron chi connectivity index (χ0n) is 11.8. The van der Waals surface area contributed by atoms with Crippen molar-refractivity contribution in [2.75, 3.05) is 23.3 Å². The first-order valence-corrected chi connectivity index (χ1v) is 7.00. The molecule has 0 saturated heterocycles. The number of hydrogen-bond donors (Lipinski definition) is 1. The predicted molar refractivity (Wildman–Crippen MR) is 80.2 cm³/mol. The highest BCUT2D eigenvalue weighted by Gasteiger charge is 2.27. The van der Waals surface area contributed by atoms with Crippen LogP contribution in [0.4, 0.5) is 15.9 Å². The summed E-state index contributed by atoms with van der Waals surface area (Å²) in [4.78, 5) is 18.4. The molecule has 1 N–H and O–H groups in total. The molecule has 0 atom stereocenters. The van der Waals surface area contributed by atoms with E-state index in [-0.39, 0.29) is 11.5 Å². The lowest BCUT2D eigenvalue weighted by Crippen LogP contribution is -2.30. The number of benzene rings is 1. The number of carbonyl (C=O) groups is 1. The van der Waals surface area contributed by atoms with Crippen LogP contribution in [-0.2, 0) is 6.42 Å². The highest BCUT2D eigenvalue weighted by atomic mass is 19.1. The maximum Gasteiger partial charge on any atom is 0.262 e. The van der Waals surface area contributed by atoms with Gasteiger partial charge in [-0.3, -0.25) is 4.79 Å². The maximum atomic E-state index is 13.5. The van der Waals surface area contributed by atoms with Crippen molar-refractivity contribution in [3.8, 4) is 0 Å². The van der Waals surface area contributed by atoms with Crippen molar-refractivity contribution in [1.29, 1.82) is 0 Å². The van der Waals surface area contributed by atoms with Crippen molar-refractivity contribution in [2.45, 2.75) is 13.3 Å². The fraction of sp³-hybridized carbons (Fsp3) is 0.250. The molecule has 3 rings (SSSR count). The molecule has 0 spiro atoms. The van der Waals surface area contributed by atoms with E-state index < -0.39 is 5.82 Å². The second kappa shape index (κ2) is 5.52. The molecule has 0 fully saturated rings. The minimum atomic E-state index is -0.507. The van der Waals surface area contributed by atoms with Crippen molar-refractivity contribution in [3.05, 3.63) is 53.5 Å². The molecule has 1 aliphatic heterocycles. The number of rotatable bonds is 3. The summed E-state index contributed by atoms with van der Waals surface area (Å²) >= 11 is 0. The average molecular weight is 285 g/mol. The molecule has 0 radical (unpaired) electrons. The number of pyridine rings is 1. The lowest BCUT2D eigenvalue weighted by atomic mass is 10.1. The van der Waals surface area contributed by atoms with Gasteiger partial charge in [0.15, 0.2) is 0 Å². The van der Waals surface area contributed by atoms with Gasteiger partial charge in [-0.05, 0) is 31.0 Å². The molecule has 5 heteroatoms. The molecule has 108 valence electrons. The number of carbonyl (C=O) groups excluding carboxylic acids is 1. The first kappa shape index (κ1) is 13.5. The summed E-state index contributed by atoms with van der Waals surface area (Å²) in [5, 5.41) is 3.01. The molecule has 0 unspecified atom stereocenters. The molecule has 21 heavy (non-hydrogen) atoms. The fourth-order valence-corrected chi connectivity index (χ4v) is 2.61. The van der Waals surface area contributed by atoms with E-state index in [2.05, 4.69) is 10.3 Å². The number of anilines is 2. The fourth-order valence-electron chi connectivity index (χ4n) is 2.61. The van der Waals surface area contributed by atoms with Crippen molar-refractivity contribution >= 4 is 17.4 Å². The zero-order valence-corrected chi connectivity index (χ0v) is 11.8. The summed E-state index contributed by atoms with van der Waals surface area (Å²) in [6.07, 6.45) is 1.94. The molecule has 2 heterocycles. The molecule has 0 aliphatic carbocycles. The number of nitrogens with one attached hydrogen (secondary N) is 1. The van der Waals surface area contributed by atoms with Crippen molar-refractivity contribution in [2.24, 2.45) is 0 Å². The van der Waals surface area contributed by atoms with Gasteiger partial charge in [-0.25, -0.2) is 9.37 Å². The Labute approximate surface area is 122 Å². The topological polar surface area (TPSA) is 45.2 Å². The van der Waals surface area contributed by atoms with Crippen molar-refractivity contribution in [3.63, 3.8) is 0 Å². The van der Waals surface area contributed by atoms with E-state index in [1.165, 1.54) is 6.07 Å². The van der Waals surface area contributed by atoms with E-state index >= 15 is 0 Å². The maximum absolute atomic E-state index is 13.5. The van der Waals surface area contributed by atoms with Gasteiger partial charge in [0.25, 0.3) is 5.91 Å². The molecule has 4 nitrogen and oxygen atoms in total. The highest BCUT2D eigenvalue weighted by molar-refractivity contribution is 6.10. The smallest absolute Gasteiger partial charge is 0.262 e. The number of aromatic nitrogens is 1. The van der Waals surface area contributed by atoms with E-state index in [0.717, 1.165) is 23.9 Å². The van der Waals surface area contributed by atoms with Gasteiger partial charge in [-0.1, -0.05) is 18.2 Å². The van der Waals surface area contributed by atoms with E-state index in [9.17, 15) is 9.18 Å². The van der Waals surface area contributed by atoms with Crippen LogP contribution < -0.4 is 10.2 Å². The zero-order chi connectivity index (χ0) is 14.8. The molecule has 1 aromatic heterocycles. The minimum Gasteiger partial charge on any atom is -0.370 e. The van der Waals surface area contributed by atoms with Crippen LogP contribution >= 0.6 is 0 Å². The van der Waals surface area contributed by atoms with Crippen LogP contribution in [0.5, 0.6) is 0 Å². The predicted octanol–water partition coefficient (Wildman–Crippen LogP) is 2.86. The molecule has 1 aliphatic rings. The van der Waals surface area contributed by atoms with Gasteiger partial charge in [0, 0.05) is 18.8 Å². The van der Waals surface area contributed by atoms with E-state index in [0.29, 0.717) is 18.9 Å². The third-order valence-electron chi connectivity index (χ3n) is 3.56. The average Bonchev–Trinajstić information content (AvgIpc) is 2.92. The lowest BCUT2D eigenvalue weighted by molar-refractivity contribution is 0.0989. The van der Waals surface area contributed by atoms with Crippen molar-refractivity contribution in [1.82, 2.24) is 4.98 Å². The van der Waals surface area contributed by atoms with Crippen molar-refractivity contribution < 1.29 is 9.18 Å². The number of nitrogens with zero attached hydrogens (tertiary/aromatic N) is 2. The van der Waals surface area contributed by atoms with Gasteiger partial charge in [0.2, 0.25) is 0 Å². The number of amides is 1. The summed E-state index contributed by atoms with van der Waals surface area (Å²) < 4.78 is 13.5. The third-order valence-corrected chi connectivity index (χ3v) is 3.56. The number of halogens is 1. The number of hydrogen-bond acceptors (Lipinski definition) is 3. The Morgan fingerprint density at radius 3 is 3.05 bits per heavy atom. The van der Waals surface area contributed by atoms with Gasteiger partial charge < -0.3 is 10.2 Å². The van der Waals surface area contributed by atoms with Gasteiger partial charge >= 0.3 is 0 Å². The van der Waals surface area contributed by atoms with Gasteiger partial charge in [-0.15, -0.1) is 0 Å². The van der Waals surface area contributed by atoms with Crippen LogP contribution in [-0.4, -0.2) is 24.0 Å². The molecular formula is C16H16FN3O. The summed E-state index contributed by atoms with van der Waals surface area (Å²) in [5.74, 6) is -0.302. The second-order valence-corrected chi connectivity index (χ2v) is 4.92. The largest absolute Gasteiger partial charge is 0.370 e. The first-order chi connectivity index (χ1) is 10.2. The lowest BCUT2D eigenvalue weighted by Gasteiger charge is -2.19. The molecule has 2 aromatic rings. The standard InChI is InChI=1S/C16H16FN3O/c1-2-18-15-13(9-12(17)10-19-15)16(21)20-8-7-11-5-3-4-6-14(11)20/h3-6,9-10H,2,7-8H2,1H3,(H,18,19). The van der Waals surface area contributed by atoms with Crippen LogP contribution in [0.25, 0.3) is 0 Å². The van der Waals surface area contributed by atoms with E-state index in [1.807, 2.05) is 31.2 Å². The number of fused-ring (bicyclic) bond motifs is 1. The summed E-state index contributed by atoms with van der Waals surface area (Å²) in [6.45, 7) is 3.14. The van der Waals surface area contributed by atoms with Crippen LogP contribution in [0.15, 0.2) is 36.5 Å². The normalized spacial score (nSPS) is 13.1. The molecule has 0 bridgehead atoms. The Balaban J connectivity index is 1.98. The SMILES string of the molecule is CCNc1ncc(F)cc1C(=O)N1CCc2ccccc21. The van der Waals surface area contributed by atoms with Gasteiger partial charge in [-0.2, -0.15) is 0 Å². The quantitative estimate of drug-likeness (QED) is 0.943. The van der Waals surface area contributed by atoms with Crippen LogP contribution in [0, 0.1) is 5.82 Å². The first-order valence-electron chi connectivity index (χ1n) is 7.00. The summed E-state index contributed by atoms with van der Waals surface area (Å²) in [6, 6.07) is 9.03. The molecule has 0 saturated carbocycles. The number of para-hydroxylation sites is 1. The molecule has 1 amide bonds.